The first-order chi connectivity index (χ1) is 8.08. The largest absolute Gasteiger partial charge is 0.478 e. The molecule has 92 valence electrons. The van der Waals surface area contributed by atoms with Crippen LogP contribution in [0.1, 0.15) is 30.1 Å². The number of nitrogens with two attached hydrogens (primary N) is 1. The number of hydrogen-bond acceptors (Lipinski definition) is 3. The number of rotatable bonds is 5. The van der Waals surface area contributed by atoms with Crippen molar-refractivity contribution < 1.29 is 9.90 Å². The van der Waals surface area contributed by atoms with Gasteiger partial charge in [-0.15, -0.1) is 0 Å². The Morgan fingerprint density at radius 3 is 2.82 bits per heavy atom. The van der Waals surface area contributed by atoms with E-state index in [1.807, 2.05) is 0 Å². The van der Waals surface area contributed by atoms with Crippen LogP contribution in [0.15, 0.2) is 18.2 Å². The number of aromatic carboxylic acids is 1. The van der Waals surface area contributed by atoms with E-state index in [2.05, 4.69) is 12.2 Å². The molecule has 4 nitrogen and oxygen atoms in total. The summed E-state index contributed by atoms with van der Waals surface area (Å²) in [5.41, 5.74) is 7.35. The minimum absolute atomic E-state index is 0.225. The number of carboxylic acid groups (broad SMARTS) is 1. The van der Waals surface area contributed by atoms with Crippen molar-refractivity contribution in [2.45, 2.75) is 19.8 Å². The summed E-state index contributed by atoms with van der Waals surface area (Å²) in [5, 5.41) is 12.1. The maximum atomic E-state index is 10.8. The van der Waals surface area contributed by atoms with E-state index in [4.69, 9.17) is 10.8 Å². The number of carbonyl (C=O) groups is 1. The molecule has 1 aromatic carbocycles. The van der Waals surface area contributed by atoms with Crippen LogP contribution < -0.4 is 11.1 Å². The number of nitrogens with one attached hydrogen (secondary N) is 1. The summed E-state index contributed by atoms with van der Waals surface area (Å²) in [7, 11) is 0. The van der Waals surface area contributed by atoms with E-state index < -0.39 is 5.97 Å². The van der Waals surface area contributed by atoms with Gasteiger partial charge in [0.1, 0.15) is 0 Å². The van der Waals surface area contributed by atoms with Gasteiger partial charge in [0.05, 0.1) is 16.9 Å². The van der Waals surface area contributed by atoms with E-state index in [-0.39, 0.29) is 5.56 Å². The summed E-state index contributed by atoms with van der Waals surface area (Å²) >= 11 is 0. The van der Waals surface area contributed by atoms with E-state index >= 15 is 0 Å². The third kappa shape index (κ3) is 2.90. The van der Waals surface area contributed by atoms with Gasteiger partial charge in [0.15, 0.2) is 0 Å². The van der Waals surface area contributed by atoms with Crippen molar-refractivity contribution in [3.05, 3.63) is 23.8 Å². The van der Waals surface area contributed by atoms with Crippen LogP contribution in [0.3, 0.4) is 0 Å². The molecule has 1 fully saturated rings. The van der Waals surface area contributed by atoms with Gasteiger partial charge in [0.2, 0.25) is 0 Å². The highest BCUT2D eigenvalue weighted by atomic mass is 16.4. The summed E-state index contributed by atoms with van der Waals surface area (Å²) in [6, 6.07) is 4.80. The van der Waals surface area contributed by atoms with Crippen molar-refractivity contribution >= 4 is 17.3 Å². The third-order valence-electron chi connectivity index (χ3n) is 3.34. The zero-order valence-corrected chi connectivity index (χ0v) is 9.94. The summed E-state index contributed by atoms with van der Waals surface area (Å²) in [4.78, 5) is 10.8. The first-order valence-corrected chi connectivity index (χ1v) is 5.94. The molecule has 0 heterocycles. The predicted molar refractivity (Wildman–Crippen MR) is 68.2 cm³/mol. The van der Waals surface area contributed by atoms with Gasteiger partial charge in [-0.3, -0.25) is 0 Å². The highest BCUT2D eigenvalue weighted by Crippen LogP contribution is 2.36. The molecule has 0 aliphatic heterocycles. The van der Waals surface area contributed by atoms with Gasteiger partial charge in [-0.1, -0.05) is 6.92 Å². The molecular formula is C13H18N2O2. The normalized spacial score (nSPS) is 16.5. The summed E-state index contributed by atoms with van der Waals surface area (Å²) in [6.45, 7) is 3.12. The van der Waals surface area contributed by atoms with Gasteiger partial charge in [0.25, 0.3) is 0 Å². The second-order valence-electron chi connectivity index (χ2n) is 4.80. The molecule has 1 aliphatic rings. The van der Waals surface area contributed by atoms with Gasteiger partial charge in [0, 0.05) is 6.54 Å². The molecule has 0 bridgehead atoms. The summed E-state index contributed by atoms with van der Waals surface area (Å²) in [5.74, 6) is 0.546. The summed E-state index contributed by atoms with van der Waals surface area (Å²) in [6.07, 6.45) is 2.66. The van der Waals surface area contributed by atoms with Crippen molar-refractivity contribution in [3.63, 3.8) is 0 Å². The number of hydrogen-bond donors (Lipinski definition) is 3. The Hall–Kier alpha value is -1.71. The highest BCUT2D eigenvalue weighted by molar-refractivity contribution is 5.90. The molecule has 1 unspecified atom stereocenters. The van der Waals surface area contributed by atoms with E-state index in [1.54, 1.807) is 12.1 Å². The third-order valence-corrected chi connectivity index (χ3v) is 3.34. The van der Waals surface area contributed by atoms with E-state index in [9.17, 15) is 4.79 Å². The molecule has 0 radical (unpaired) electrons. The number of nitrogen functional groups attached to an aromatic ring is 1. The minimum atomic E-state index is -0.949. The van der Waals surface area contributed by atoms with Crippen LogP contribution in [0.25, 0.3) is 0 Å². The molecule has 2 rings (SSSR count). The Balaban J connectivity index is 1.98. The average molecular weight is 234 g/mol. The van der Waals surface area contributed by atoms with Gasteiger partial charge >= 0.3 is 5.97 Å². The number of anilines is 2. The SMILES string of the molecule is CC(CNc1ccc(C(=O)O)cc1N)C1CC1. The lowest BCUT2D eigenvalue weighted by Crippen LogP contribution is -2.14. The molecule has 0 amide bonds. The molecule has 4 heteroatoms. The zero-order valence-electron chi connectivity index (χ0n) is 9.94. The van der Waals surface area contributed by atoms with Crippen LogP contribution in [-0.2, 0) is 0 Å². The van der Waals surface area contributed by atoms with Gasteiger partial charge in [-0.25, -0.2) is 4.79 Å². The monoisotopic (exact) mass is 234 g/mol. The van der Waals surface area contributed by atoms with Crippen LogP contribution in [0, 0.1) is 11.8 Å². The van der Waals surface area contributed by atoms with Gasteiger partial charge in [-0.05, 0) is 42.9 Å². The standard InChI is InChI=1S/C13H18N2O2/c1-8(9-2-3-9)7-15-12-5-4-10(13(16)17)6-11(12)14/h4-6,8-9,15H,2-3,7,14H2,1H3,(H,16,17). The fourth-order valence-electron chi connectivity index (χ4n) is 1.96. The molecule has 17 heavy (non-hydrogen) atoms. The van der Waals surface area contributed by atoms with Crippen molar-refractivity contribution in [3.8, 4) is 0 Å². The van der Waals surface area contributed by atoms with Crippen LogP contribution in [0.2, 0.25) is 0 Å². The topological polar surface area (TPSA) is 75.3 Å². The van der Waals surface area contributed by atoms with E-state index in [0.29, 0.717) is 11.6 Å². The maximum Gasteiger partial charge on any atom is 0.335 e. The van der Waals surface area contributed by atoms with E-state index in [1.165, 1.54) is 18.9 Å². The van der Waals surface area contributed by atoms with Crippen LogP contribution in [-0.4, -0.2) is 17.6 Å². The molecule has 1 aromatic rings. The Morgan fingerprint density at radius 1 is 1.59 bits per heavy atom. The average Bonchev–Trinajstić information content (AvgIpc) is 3.10. The van der Waals surface area contributed by atoms with Crippen molar-refractivity contribution in [1.82, 2.24) is 0 Å². The quantitative estimate of drug-likeness (QED) is 0.684. The van der Waals surface area contributed by atoms with E-state index in [0.717, 1.165) is 18.2 Å². The molecule has 1 atom stereocenters. The summed E-state index contributed by atoms with van der Waals surface area (Å²) < 4.78 is 0. The van der Waals surface area contributed by atoms with Crippen molar-refractivity contribution in [2.24, 2.45) is 11.8 Å². The fourth-order valence-corrected chi connectivity index (χ4v) is 1.96. The predicted octanol–water partition coefficient (Wildman–Crippen LogP) is 2.43. The fraction of sp³-hybridized carbons (Fsp3) is 0.462. The minimum Gasteiger partial charge on any atom is -0.478 e. The lowest BCUT2D eigenvalue weighted by Gasteiger charge is -2.14. The van der Waals surface area contributed by atoms with Crippen LogP contribution >= 0.6 is 0 Å². The lowest BCUT2D eigenvalue weighted by atomic mass is 10.1. The molecule has 0 saturated heterocycles. The lowest BCUT2D eigenvalue weighted by molar-refractivity contribution is 0.0697. The molecule has 0 spiro atoms. The first kappa shape index (κ1) is 11.8. The molecule has 1 aliphatic carbocycles. The molecule has 0 aromatic heterocycles. The van der Waals surface area contributed by atoms with Crippen LogP contribution in [0.5, 0.6) is 0 Å². The maximum absolute atomic E-state index is 10.8. The number of carboxylic acids is 1. The van der Waals surface area contributed by atoms with Gasteiger partial charge < -0.3 is 16.2 Å². The van der Waals surface area contributed by atoms with Crippen molar-refractivity contribution in [2.75, 3.05) is 17.6 Å². The zero-order chi connectivity index (χ0) is 12.4. The Kier molecular flexibility index (Phi) is 3.22. The van der Waals surface area contributed by atoms with Crippen molar-refractivity contribution in [1.29, 1.82) is 0 Å². The smallest absolute Gasteiger partial charge is 0.335 e. The Bertz CT molecular complexity index is 427. The second-order valence-corrected chi connectivity index (χ2v) is 4.80. The molecular weight excluding hydrogens is 216 g/mol. The molecule has 1 saturated carbocycles. The number of benzene rings is 1. The second kappa shape index (κ2) is 4.65. The Labute approximate surface area is 101 Å². The Morgan fingerprint density at radius 2 is 2.29 bits per heavy atom. The highest BCUT2D eigenvalue weighted by Gasteiger charge is 2.27. The molecule has 4 N–H and O–H groups in total. The van der Waals surface area contributed by atoms with Gasteiger partial charge in [-0.2, -0.15) is 0 Å². The van der Waals surface area contributed by atoms with Crippen LogP contribution in [0.4, 0.5) is 11.4 Å². The first-order valence-electron chi connectivity index (χ1n) is 5.94.